The van der Waals surface area contributed by atoms with E-state index in [2.05, 4.69) is 10.3 Å². The molecular formula is C17H20F3N3O2. The number of hydrogen-bond acceptors (Lipinski definition) is 4. The Bertz CT molecular complexity index is 742. The van der Waals surface area contributed by atoms with E-state index in [1.807, 2.05) is 13.8 Å². The lowest BCUT2D eigenvalue weighted by atomic mass is 10.2. The number of halogens is 3. The third-order valence-corrected chi connectivity index (χ3v) is 3.65. The molecule has 5 nitrogen and oxygen atoms in total. The number of carbonyl (C=O) groups excluding carboxylic acids is 1. The predicted molar refractivity (Wildman–Crippen MR) is 86.5 cm³/mol. The fourth-order valence-corrected chi connectivity index (χ4v) is 2.34. The van der Waals surface area contributed by atoms with Crippen LogP contribution in [0.15, 0.2) is 16.5 Å². The van der Waals surface area contributed by atoms with E-state index in [-0.39, 0.29) is 6.54 Å². The molecule has 0 aliphatic heterocycles. The number of anilines is 1. The Balaban J connectivity index is 2.03. The summed E-state index contributed by atoms with van der Waals surface area (Å²) in [4.78, 5) is 18.2. The van der Waals surface area contributed by atoms with E-state index in [1.165, 1.54) is 0 Å². The summed E-state index contributed by atoms with van der Waals surface area (Å²) in [6.07, 6.45) is 0.783. The summed E-state index contributed by atoms with van der Waals surface area (Å²) >= 11 is 0. The van der Waals surface area contributed by atoms with Gasteiger partial charge in [-0.25, -0.2) is 18.2 Å². The van der Waals surface area contributed by atoms with E-state index in [0.717, 1.165) is 24.2 Å². The summed E-state index contributed by atoms with van der Waals surface area (Å²) in [5.74, 6) is -3.70. The van der Waals surface area contributed by atoms with Crippen molar-refractivity contribution in [3.05, 3.63) is 46.9 Å². The zero-order chi connectivity index (χ0) is 18.6. The largest absolute Gasteiger partial charge is 0.444 e. The number of aromatic nitrogens is 1. The molecule has 0 aliphatic rings. The highest BCUT2D eigenvalue weighted by Crippen LogP contribution is 2.19. The summed E-state index contributed by atoms with van der Waals surface area (Å²) in [7, 11) is 0. The maximum atomic E-state index is 13.6. The second-order valence-corrected chi connectivity index (χ2v) is 5.73. The summed E-state index contributed by atoms with van der Waals surface area (Å²) in [6, 6.07) is 1.74. The van der Waals surface area contributed by atoms with Gasteiger partial charge in [-0.1, -0.05) is 6.92 Å². The standard InChI is InChI=1S/C17H20F3N3O2/c1-4-7-23(9-15-21-10(2)11(3)25-15)8-14(24)22-13-6-5-12(18)16(19)17(13)20/h5-6H,4,7-9H2,1-3H3,(H,22,24). The molecule has 1 N–H and O–H groups in total. The Hall–Kier alpha value is -2.35. The molecule has 0 unspecified atom stereocenters. The Morgan fingerprint density at radius 2 is 1.96 bits per heavy atom. The van der Waals surface area contributed by atoms with Crippen molar-refractivity contribution in [1.82, 2.24) is 9.88 Å². The monoisotopic (exact) mass is 355 g/mol. The van der Waals surface area contributed by atoms with Crippen LogP contribution in [0.3, 0.4) is 0 Å². The first kappa shape index (κ1) is 19.0. The van der Waals surface area contributed by atoms with Crippen LogP contribution in [0.4, 0.5) is 18.9 Å². The first-order chi connectivity index (χ1) is 11.8. The van der Waals surface area contributed by atoms with Crippen molar-refractivity contribution in [3.8, 4) is 0 Å². The molecule has 2 aromatic rings. The quantitative estimate of drug-likeness (QED) is 0.772. The number of amides is 1. The third kappa shape index (κ3) is 4.82. The summed E-state index contributed by atoms with van der Waals surface area (Å²) in [6.45, 7) is 6.42. The van der Waals surface area contributed by atoms with Crippen molar-refractivity contribution < 1.29 is 22.4 Å². The SMILES string of the molecule is CCCN(CC(=O)Nc1ccc(F)c(F)c1F)Cc1nc(C)c(C)o1. The molecule has 0 fully saturated rings. The molecule has 1 aromatic heterocycles. The third-order valence-electron chi connectivity index (χ3n) is 3.65. The maximum absolute atomic E-state index is 13.6. The Labute approximate surface area is 143 Å². The van der Waals surface area contributed by atoms with Gasteiger partial charge in [0.1, 0.15) is 5.76 Å². The van der Waals surface area contributed by atoms with Crippen LogP contribution in [0.2, 0.25) is 0 Å². The Kier molecular flexibility index (Phi) is 6.19. The van der Waals surface area contributed by atoms with E-state index in [0.29, 0.717) is 24.7 Å². The topological polar surface area (TPSA) is 58.4 Å². The highest BCUT2D eigenvalue weighted by atomic mass is 19.2. The highest BCUT2D eigenvalue weighted by Gasteiger charge is 2.18. The Morgan fingerprint density at radius 3 is 2.56 bits per heavy atom. The number of oxazole rings is 1. The van der Waals surface area contributed by atoms with Gasteiger partial charge >= 0.3 is 0 Å². The van der Waals surface area contributed by atoms with Gasteiger partial charge in [-0.2, -0.15) is 0 Å². The van der Waals surface area contributed by atoms with Crippen LogP contribution < -0.4 is 5.32 Å². The average molecular weight is 355 g/mol. The van der Waals surface area contributed by atoms with Gasteiger partial charge in [0.2, 0.25) is 11.8 Å². The van der Waals surface area contributed by atoms with Gasteiger partial charge in [0.25, 0.3) is 0 Å². The van der Waals surface area contributed by atoms with Gasteiger partial charge < -0.3 is 9.73 Å². The molecule has 1 heterocycles. The van der Waals surface area contributed by atoms with Crippen molar-refractivity contribution in [3.63, 3.8) is 0 Å². The summed E-state index contributed by atoms with van der Waals surface area (Å²) in [5, 5.41) is 2.26. The van der Waals surface area contributed by atoms with E-state index in [1.54, 1.807) is 11.8 Å². The molecule has 8 heteroatoms. The normalized spacial score (nSPS) is 11.2. The number of nitrogens with zero attached hydrogens (tertiary/aromatic N) is 2. The summed E-state index contributed by atoms with van der Waals surface area (Å²) < 4.78 is 45.3. The van der Waals surface area contributed by atoms with Crippen LogP contribution in [0.25, 0.3) is 0 Å². The fourth-order valence-electron chi connectivity index (χ4n) is 2.34. The van der Waals surface area contributed by atoms with E-state index < -0.39 is 29.0 Å². The minimum atomic E-state index is -1.62. The molecule has 1 amide bonds. The van der Waals surface area contributed by atoms with Crippen molar-refractivity contribution in [2.75, 3.05) is 18.4 Å². The molecule has 0 aliphatic carbocycles. The minimum Gasteiger partial charge on any atom is -0.444 e. The van der Waals surface area contributed by atoms with Crippen LogP contribution in [0, 0.1) is 31.3 Å². The lowest BCUT2D eigenvalue weighted by molar-refractivity contribution is -0.117. The lowest BCUT2D eigenvalue weighted by Crippen LogP contribution is -2.33. The average Bonchev–Trinajstić information content (AvgIpc) is 2.86. The second kappa shape index (κ2) is 8.15. The van der Waals surface area contributed by atoms with Crippen molar-refractivity contribution >= 4 is 11.6 Å². The zero-order valence-electron chi connectivity index (χ0n) is 14.3. The zero-order valence-corrected chi connectivity index (χ0v) is 14.3. The molecule has 0 spiro atoms. The number of benzene rings is 1. The molecule has 0 bridgehead atoms. The molecule has 25 heavy (non-hydrogen) atoms. The van der Waals surface area contributed by atoms with Gasteiger partial charge in [-0.3, -0.25) is 9.69 Å². The van der Waals surface area contributed by atoms with E-state index in [4.69, 9.17) is 4.42 Å². The smallest absolute Gasteiger partial charge is 0.238 e. The van der Waals surface area contributed by atoms with Gasteiger partial charge in [0.05, 0.1) is 24.5 Å². The molecular weight excluding hydrogens is 335 g/mol. The number of hydrogen-bond donors (Lipinski definition) is 1. The second-order valence-electron chi connectivity index (χ2n) is 5.73. The molecule has 2 rings (SSSR count). The van der Waals surface area contributed by atoms with Gasteiger partial charge in [0, 0.05) is 0 Å². The van der Waals surface area contributed by atoms with E-state index >= 15 is 0 Å². The molecule has 0 saturated carbocycles. The number of carbonyl (C=O) groups is 1. The van der Waals surface area contributed by atoms with Crippen molar-refractivity contribution in [1.29, 1.82) is 0 Å². The molecule has 0 atom stereocenters. The lowest BCUT2D eigenvalue weighted by Gasteiger charge is -2.19. The highest BCUT2D eigenvalue weighted by molar-refractivity contribution is 5.92. The van der Waals surface area contributed by atoms with Crippen LogP contribution in [0.1, 0.15) is 30.7 Å². The number of rotatable bonds is 7. The van der Waals surface area contributed by atoms with Gasteiger partial charge in [-0.05, 0) is 38.9 Å². The minimum absolute atomic E-state index is 0.0627. The molecule has 1 aromatic carbocycles. The Morgan fingerprint density at radius 1 is 1.24 bits per heavy atom. The maximum Gasteiger partial charge on any atom is 0.238 e. The van der Waals surface area contributed by atoms with Crippen LogP contribution in [-0.4, -0.2) is 28.9 Å². The number of aryl methyl sites for hydroxylation is 2. The summed E-state index contributed by atoms with van der Waals surface area (Å²) in [5.41, 5.74) is 0.378. The molecule has 136 valence electrons. The predicted octanol–water partition coefficient (Wildman–Crippen LogP) is 3.56. The first-order valence-corrected chi connectivity index (χ1v) is 7.90. The van der Waals surface area contributed by atoms with Crippen molar-refractivity contribution in [2.24, 2.45) is 0 Å². The first-order valence-electron chi connectivity index (χ1n) is 7.90. The molecule has 0 saturated heterocycles. The number of nitrogens with one attached hydrogen (secondary N) is 1. The fraction of sp³-hybridized carbons (Fsp3) is 0.412. The van der Waals surface area contributed by atoms with Gasteiger partial charge in [-0.15, -0.1) is 0 Å². The van der Waals surface area contributed by atoms with Crippen molar-refractivity contribution in [2.45, 2.75) is 33.7 Å². The van der Waals surface area contributed by atoms with Gasteiger partial charge in [0.15, 0.2) is 17.5 Å². The molecule has 0 radical (unpaired) electrons. The van der Waals surface area contributed by atoms with Crippen LogP contribution in [0.5, 0.6) is 0 Å². The van der Waals surface area contributed by atoms with E-state index in [9.17, 15) is 18.0 Å². The van der Waals surface area contributed by atoms with Crippen LogP contribution >= 0.6 is 0 Å². The van der Waals surface area contributed by atoms with Crippen LogP contribution in [-0.2, 0) is 11.3 Å².